The van der Waals surface area contributed by atoms with E-state index in [1.54, 1.807) is 23.0 Å². The summed E-state index contributed by atoms with van der Waals surface area (Å²) >= 11 is 17.1. The first-order valence-corrected chi connectivity index (χ1v) is 7.53. The number of benzene rings is 2. The largest absolute Gasteiger partial charge is 0.250 e. The second-order valence-electron chi connectivity index (χ2n) is 4.47. The second-order valence-corrected chi connectivity index (χ2v) is 5.73. The van der Waals surface area contributed by atoms with E-state index >= 15 is 0 Å². The molecule has 3 rings (SSSR count). The lowest BCUT2D eigenvalue weighted by Crippen LogP contribution is -1.95. The maximum Gasteiger partial charge on any atom is 0.216 e. The number of aromatic amines is 1. The molecule has 0 fully saturated rings. The number of aromatic nitrogens is 3. The van der Waals surface area contributed by atoms with Crippen molar-refractivity contribution in [3.8, 4) is 11.4 Å². The average Bonchev–Trinajstić information content (AvgIpc) is 2.87. The van der Waals surface area contributed by atoms with Crippen molar-refractivity contribution in [2.24, 2.45) is 5.10 Å². The van der Waals surface area contributed by atoms with Crippen LogP contribution in [0.15, 0.2) is 53.6 Å². The van der Waals surface area contributed by atoms with E-state index in [1.165, 1.54) is 0 Å². The molecule has 1 aromatic heterocycles. The average molecular weight is 349 g/mol. The first-order valence-electron chi connectivity index (χ1n) is 6.37. The van der Waals surface area contributed by atoms with Crippen molar-refractivity contribution in [2.75, 3.05) is 0 Å². The SMILES string of the molecule is S=c1[nH]nc(-c2ccc(Cl)cc2)n1/N=C/c1cccc(Cl)c1. The minimum Gasteiger partial charge on any atom is -0.250 e. The molecule has 0 unspecified atom stereocenters. The van der Waals surface area contributed by atoms with Gasteiger partial charge in [0.25, 0.3) is 0 Å². The van der Waals surface area contributed by atoms with E-state index in [4.69, 9.17) is 35.4 Å². The fourth-order valence-electron chi connectivity index (χ4n) is 1.90. The molecule has 4 nitrogen and oxygen atoms in total. The fourth-order valence-corrected chi connectivity index (χ4v) is 2.40. The van der Waals surface area contributed by atoms with Crippen molar-refractivity contribution in [3.05, 3.63) is 68.9 Å². The molecule has 1 N–H and O–H groups in total. The van der Waals surface area contributed by atoms with Crippen LogP contribution in [-0.4, -0.2) is 21.1 Å². The molecule has 7 heteroatoms. The second kappa shape index (κ2) is 6.44. The van der Waals surface area contributed by atoms with E-state index in [0.717, 1.165) is 11.1 Å². The molecule has 1 heterocycles. The van der Waals surface area contributed by atoms with Crippen molar-refractivity contribution in [2.45, 2.75) is 0 Å². The Hall–Kier alpha value is -1.95. The van der Waals surface area contributed by atoms with Gasteiger partial charge in [-0.05, 0) is 54.2 Å². The molecule has 3 aromatic rings. The van der Waals surface area contributed by atoms with Gasteiger partial charge >= 0.3 is 0 Å². The number of halogens is 2. The zero-order valence-corrected chi connectivity index (χ0v) is 13.5. The molecule has 0 saturated heterocycles. The van der Waals surface area contributed by atoms with Gasteiger partial charge in [-0.3, -0.25) is 0 Å². The number of H-pyrrole nitrogens is 1. The molecule has 22 heavy (non-hydrogen) atoms. The molecular weight excluding hydrogens is 339 g/mol. The lowest BCUT2D eigenvalue weighted by atomic mass is 10.2. The molecule has 0 aliphatic carbocycles. The summed E-state index contributed by atoms with van der Waals surface area (Å²) in [5, 5.41) is 12.6. The van der Waals surface area contributed by atoms with Gasteiger partial charge in [0.15, 0.2) is 5.82 Å². The van der Waals surface area contributed by atoms with Crippen molar-refractivity contribution in [1.29, 1.82) is 0 Å². The standard InChI is InChI=1S/C15H10Cl2N4S/c16-12-6-4-11(5-7-12)14-19-20-15(22)21(14)18-9-10-2-1-3-13(17)8-10/h1-9H,(H,20,22)/b18-9+. The molecule has 0 bridgehead atoms. The molecule has 0 atom stereocenters. The number of hydrogen-bond acceptors (Lipinski definition) is 3. The fraction of sp³-hybridized carbons (Fsp3) is 0. The Morgan fingerprint density at radius 2 is 1.86 bits per heavy atom. The maximum atomic E-state index is 5.96. The third kappa shape index (κ3) is 3.27. The smallest absolute Gasteiger partial charge is 0.216 e. The molecule has 2 aromatic carbocycles. The quantitative estimate of drug-likeness (QED) is 0.545. The number of nitrogens with one attached hydrogen (secondary N) is 1. The van der Waals surface area contributed by atoms with Crippen LogP contribution in [0.25, 0.3) is 11.4 Å². The van der Waals surface area contributed by atoms with Gasteiger partial charge < -0.3 is 0 Å². The molecule has 110 valence electrons. The van der Waals surface area contributed by atoms with E-state index in [0.29, 0.717) is 20.6 Å². The highest BCUT2D eigenvalue weighted by atomic mass is 35.5. The number of hydrogen-bond donors (Lipinski definition) is 1. The van der Waals surface area contributed by atoms with Gasteiger partial charge in [0.05, 0.1) is 6.21 Å². The van der Waals surface area contributed by atoms with Crippen molar-refractivity contribution >= 4 is 41.6 Å². The minimum atomic E-state index is 0.406. The van der Waals surface area contributed by atoms with Crippen LogP contribution in [0.2, 0.25) is 10.0 Å². The molecule has 0 spiro atoms. The highest BCUT2D eigenvalue weighted by Gasteiger charge is 2.07. The van der Waals surface area contributed by atoms with Crippen LogP contribution in [0.5, 0.6) is 0 Å². The Balaban J connectivity index is 1.99. The van der Waals surface area contributed by atoms with Gasteiger partial charge in [-0.1, -0.05) is 35.3 Å². The predicted octanol–water partition coefficient (Wildman–Crippen LogP) is 4.80. The number of nitrogens with zero attached hydrogens (tertiary/aromatic N) is 3. The van der Waals surface area contributed by atoms with Gasteiger partial charge in [-0.25, -0.2) is 5.10 Å². The van der Waals surface area contributed by atoms with Crippen molar-refractivity contribution in [1.82, 2.24) is 14.9 Å². The summed E-state index contributed by atoms with van der Waals surface area (Å²) in [6.07, 6.45) is 1.68. The summed E-state index contributed by atoms with van der Waals surface area (Å²) in [5.74, 6) is 0.611. The van der Waals surface area contributed by atoms with Crippen LogP contribution in [-0.2, 0) is 0 Å². The minimum absolute atomic E-state index is 0.406. The maximum absolute atomic E-state index is 5.96. The van der Waals surface area contributed by atoms with Crippen LogP contribution in [0.4, 0.5) is 0 Å². The Kier molecular flexibility index (Phi) is 4.38. The Labute approximate surface area is 142 Å². The molecule has 0 aliphatic rings. The van der Waals surface area contributed by atoms with E-state index in [2.05, 4.69) is 15.3 Å². The summed E-state index contributed by atoms with van der Waals surface area (Å²) in [6, 6.07) is 14.7. The lowest BCUT2D eigenvalue weighted by Gasteiger charge is -2.01. The van der Waals surface area contributed by atoms with E-state index in [-0.39, 0.29) is 0 Å². The summed E-state index contributed by atoms with van der Waals surface area (Å²) in [4.78, 5) is 0. The van der Waals surface area contributed by atoms with Crippen molar-refractivity contribution in [3.63, 3.8) is 0 Å². The van der Waals surface area contributed by atoms with E-state index < -0.39 is 0 Å². The van der Waals surface area contributed by atoms with Gasteiger partial charge in [-0.2, -0.15) is 14.9 Å². The third-order valence-electron chi connectivity index (χ3n) is 2.92. The topological polar surface area (TPSA) is 46.0 Å². The molecule has 0 radical (unpaired) electrons. The number of rotatable bonds is 3. The highest BCUT2D eigenvalue weighted by molar-refractivity contribution is 7.71. The monoisotopic (exact) mass is 348 g/mol. The van der Waals surface area contributed by atoms with Crippen LogP contribution in [0, 0.1) is 4.77 Å². The van der Waals surface area contributed by atoms with Gasteiger partial charge in [0, 0.05) is 15.6 Å². The van der Waals surface area contributed by atoms with Gasteiger partial charge in [0.1, 0.15) is 0 Å². The Morgan fingerprint density at radius 1 is 1.09 bits per heavy atom. The Bertz CT molecular complexity index is 881. The van der Waals surface area contributed by atoms with E-state index in [9.17, 15) is 0 Å². The van der Waals surface area contributed by atoms with Crippen LogP contribution >= 0.6 is 35.4 Å². The molecule has 0 amide bonds. The zero-order chi connectivity index (χ0) is 15.5. The van der Waals surface area contributed by atoms with Crippen molar-refractivity contribution < 1.29 is 0 Å². The van der Waals surface area contributed by atoms with E-state index in [1.807, 2.05) is 36.4 Å². The highest BCUT2D eigenvalue weighted by Crippen LogP contribution is 2.20. The molecule has 0 aliphatic heterocycles. The molecule has 0 saturated carbocycles. The van der Waals surface area contributed by atoms with Crippen LogP contribution < -0.4 is 0 Å². The predicted molar refractivity (Wildman–Crippen MR) is 92.3 cm³/mol. The van der Waals surface area contributed by atoms with Gasteiger partial charge in [0.2, 0.25) is 4.77 Å². The summed E-state index contributed by atoms with van der Waals surface area (Å²) < 4.78 is 1.96. The lowest BCUT2D eigenvalue weighted by molar-refractivity contribution is 0.871. The first-order chi connectivity index (χ1) is 10.6. The first kappa shape index (κ1) is 15.0. The van der Waals surface area contributed by atoms with Gasteiger partial charge in [-0.15, -0.1) is 0 Å². The molecular formula is C15H10Cl2N4S. The summed E-state index contributed by atoms with van der Waals surface area (Å²) in [7, 11) is 0. The summed E-state index contributed by atoms with van der Waals surface area (Å²) in [5.41, 5.74) is 1.73. The Morgan fingerprint density at radius 3 is 2.59 bits per heavy atom. The summed E-state index contributed by atoms with van der Waals surface area (Å²) in [6.45, 7) is 0. The van der Waals surface area contributed by atoms with Crippen LogP contribution in [0.3, 0.4) is 0 Å². The van der Waals surface area contributed by atoms with Crippen LogP contribution in [0.1, 0.15) is 5.56 Å². The zero-order valence-electron chi connectivity index (χ0n) is 11.2. The normalized spacial score (nSPS) is 11.2. The third-order valence-corrected chi connectivity index (χ3v) is 3.68.